The lowest BCUT2D eigenvalue weighted by Crippen LogP contribution is -2.29. The Kier molecular flexibility index (Phi) is 6.13. The van der Waals surface area contributed by atoms with Crippen LogP contribution in [0.15, 0.2) is 54.3 Å². The lowest BCUT2D eigenvalue weighted by molar-refractivity contribution is 0.0742. The molecule has 1 atom stereocenters. The number of nitrogens with zero attached hydrogens (tertiary/aromatic N) is 6. The fourth-order valence-corrected chi connectivity index (χ4v) is 4.05. The first-order valence-electron chi connectivity index (χ1n) is 9.79. The van der Waals surface area contributed by atoms with E-state index >= 15 is 0 Å². The first-order valence-corrected chi connectivity index (χ1v) is 10.7. The first kappa shape index (κ1) is 21.4. The number of carbonyl (C=O) groups excluding carboxylic acids is 1. The maximum Gasteiger partial charge on any atom is 0.254 e. The summed E-state index contributed by atoms with van der Waals surface area (Å²) in [4.78, 5) is 19.4. The van der Waals surface area contributed by atoms with Gasteiger partial charge in [-0.15, -0.1) is 16.4 Å². The van der Waals surface area contributed by atoms with Gasteiger partial charge in [-0.1, -0.05) is 6.07 Å². The van der Waals surface area contributed by atoms with E-state index in [0.29, 0.717) is 22.7 Å². The quantitative estimate of drug-likeness (QED) is 0.424. The Morgan fingerprint density at radius 2 is 1.91 bits per heavy atom. The third kappa shape index (κ3) is 4.17. The van der Waals surface area contributed by atoms with E-state index in [2.05, 4.69) is 20.5 Å². The molecule has 1 amide bonds. The van der Waals surface area contributed by atoms with Crippen LogP contribution < -0.4 is 9.47 Å². The van der Waals surface area contributed by atoms with Crippen LogP contribution in [-0.4, -0.2) is 57.3 Å². The second-order valence-electron chi connectivity index (χ2n) is 7.06. The standard InChI is InChI=1S/C22H22N6O3S/c1-14(21-23-7-8-32-21)27(2)22(29)17-9-16(10-18(11-17)28-13-24-25-26-28)15-5-6-19(30-3)20(12-15)31-4/h5-14H,1-4H3. The summed E-state index contributed by atoms with van der Waals surface area (Å²) < 4.78 is 12.3. The molecule has 1 unspecified atom stereocenters. The minimum absolute atomic E-state index is 0.135. The van der Waals surface area contributed by atoms with Crippen molar-refractivity contribution in [2.45, 2.75) is 13.0 Å². The predicted molar refractivity (Wildman–Crippen MR) is 120 cm³/mol. The van der Waals surface area contributed by atoms with Crippen molar-refractivity contribution in [1.82, 2.24) is 30.1 Å². The molecule has 2 aromatic heterocycles. The molecule has 4 rings (SSSR count). The van der Waals surface area contributed by atoms with Crippen LogP contribution in [0.25, 0.3) is 16.8 Å². The van der Waals surface area contributed by atoms with Gasteiger partial charge in [0.25, 0.3) is 5.91 Å². The summed E-state index contributed by atoms with van der Waals surface area (Å²) in [5, 5.41) is 14.2. The van der Waals surface area contributed by atoms with Crippen molar-refractivity contribution in [3.05, 3.63) is 64.9 Å². The van der Waals surface area contributed by atoms with Gasteiger partial charge in [-0.25, -0.2) is 9.67 Å². The maximum atomic E-state index is 13.4. The van der Waals surface area contributed by atoms with Crippen LogP contribution in [0, 0.1) is 0 Å². The van der Waals surface area contributed by atoms with Gasteiger partial charge in [0.1, 0.15) is 11.3 Å². The van der Waals surface area contributed by atoms with Gasteiger partial charge in [-0.2, -0.15) is 0 Å². The van der Waals surface area contributed by atoms with Crippen molar-refractivity contribution < 1.29 is 14.3 Å². The molecule has 164 valence electrons. The van der Waals surface area contributed by atoms with Crippen LogP contribution >= 0.6 is 11.3 Å². The lowest BCUT2D eigenvalue weighted by atomic mass is 10.0. The highest BCUT2D eigenvalue weighted by Gasteiger charge is 2.22. The molecule has 0 aliphatic rings. The third-order valence-corrected chi connectivity index (χ3v) is 6.15. The van der Waals surface area contributed by atoms with Crippen LogP contribution in [0.5, 0.6) is 11.5 Å². The molecular formula is C22H22N6O3S. The Bertz CT molecular complexity index is 1210. The molecule has 32 heavy (non-hydrogen) atoms. The predicted octanol–water partition coefficient (Wildman–Crippen LogP) is 3.64. The fraction of sp³-hybridized carbons (Fsp3) is 0.227. The van der Waals surface area contributed by atoms with E-state index in [1.165, 1.54) is 22.3 Å². The second kappa shape index (κ2) is 9.15. The molecule has 2 heterocycles. The molecule has 4 aromatic rings. The van der Waals surface area contributed by atoms with E-state index in [0.717, 1.165) is 16.1 Å². The molecular weight excluding hydrogens is 428 g/mol. The molecule has 0 aliphatic carbocycles. The van der Waals surface area contributed by atoms with Crippen LogP contribution in [0.4, 0.5) is 0 Å². The maximum absolute atomic E-state index is 13.4. The smallest absolute Gasteiger partial charge is 0.254 e. The summed E-state index contributed by atoms with van der Waals surface area (Å²) in [5.41, 5.74) is 2.86. The fourth-order valence-electron chi connectivity index (χ4n) is 3.31. The summed E-state index contributed by atoms with van der Waals surface area (Å²) in [7, 11) is 4.95. The number of benzene rings is 2. The van der Waals surface area contributed by atoms with Gasteiger partial charge in [0.15, 0.2) is 11.5 Å². The van der Waals surface area contributed by atoms with Crippen LogP contribution in [0.1, 0.15) is 28.3 Å². The van der Waals surface area contributed by atoms with Crippen molar-refractivity contribution in [2.24, 2.45) is 0 Å². The van der Waals surface area contributed by atoms with Crippen molar-refractivity contribution in [1.29, 1.82) is 0 Å². The van der Waals surface area contributed by atoms with Gasteiger partial charge in [0, 0.05) is 24.2 Å². The van der Waals surface area contributed by atoms with Gasteiger partial charge < -0.3 is 14.4 Å². The highest BCUT2D eigenvalue weighted by molar-refractivity contribution is 7.09. The van der Waals surface area contributed by atoms with E-state index in [1.807, 2.05) is 42.6 Å². The minimum Gasteiger partial charge on any atom is -0.493 e. The van der Waals surface area contributed by atoms with Crippen molar-refractivity contribution in [3.8, 4) is 28.3 Å². The monoisotopic (exact) mass is 450 g/mol. The van der Waals surface area contributed by atoms with E-state index in [4.69, 9.17) is 9.47 Å². The summed E-state index contributed by atoms with van der Waals surface area (Å²) >= 11 is 1.52. The van der Waals surface area contributed by atoms with Gasteiger partial charge >= 0.3 is 0 Å². The zero-order chi connectivity index (χ0) is 22.7. The van der Waals surface area contributed by atoms with Crippen molar-refractivity contribution in [2.75, 3.05) is 21.3 Å². The topological polar surface area (TPSA) is 95.3 Å². The van der Waals surface area contributed by atoms with Gasteiger partial charge in [0.2, 0.25) is 0 Å². The van der Waals surface area contributed by atoms with Crippen LogP contribution in [0.3, 0.4) is 0 Å². The number of hydrogen-bond acceptors (Lipinski definition) is 8. The third-order valence-electron chi connectivity index (χ3n) is 5.21. The number of rotatable bonds is 7. The Morgan fingerprint density at radius 3 is 2.56 bits per heavy atom. The van der Waals surface area contributed by atoms with Crippen molar-refractivity contribution >= 4 is 17.2 Å². The van der Waals surface area contributed by atoms with Crippen LogP contribution in [0.2, 0.25) is 0 Å². The number of hydrogen-bond donors (Lipinski definition) is 0. The van der Waals surface area contributed by atoms with E-state index < -0.39 is 0 Å². The molecule has 0 spiro atoms. The summed E-state index contributed by atoms with van der Waals surface area (Å²) in [6, 6.07) is 11.0. The average molecular weight is 451 g/mol. The van der Waals surface area contributed by atoms with E-state index in [-0.39, 0.29) is 11.9 Å². The Hall–Kier alpha value is -3.79. The van der Waals surface area contributed by atoms with Gasteiger partial charge in [-0.3, -0.25) is 4.79 Å². The number of methoxy groups -OCH3 is 2. The number of ether oxygens (including phenoxy) is 2. The molecule has 0 saturated carbocycles. The molecule has 0 N–H and O–H groups in total. The molecule has 2 aromatic carbocycles. The van der Waals surface area contributed by atoms with Crippen LogP contribution in [-0.2, 0) is 0 Å². The largest absolute Gasteiger partial charge is 0.493 e. The summed E-state index contributed by atoms with van der Waals surface area (Å²) in [6.45, 7) is 1.96. The highest BCUT2D eigenvalue weighted by atomic mass is 32.1. The van der Waals surface area contributed by atoms with Crippen molar-refractivity contribution in [3.63, 3.8) is 0 Å². The molecule has 9 nitrogen and oxygen atoms in total. The number of thiazole rings is 1. The average Bonchev–Trinajstić information content (AvgIpc) is 3.56. The molecule has 0 saturated heterocycles. The summed E-state index contributed by atoms with van der Waals surface area (Å²) in [6.07, 6.45) is 3.23. The molecule has 0 radical (unpaired) electrons. The SMILES string of the molecule is COc1ccc(-c2cc(C(=O)N(C)C(C)c3nccs3)cc(-n3cnnn3)c2)cc1OC. The highest BCUT2D eigenvalue weighted by Crippen LogP contribution is 2.34. The number of tetrazole rings is 1. The number of amides is 1. The van der Waals surface area contributed by atoms with Gasteiger partial charge in [-0.05, 0) is 58.8 Å². The minimum atomic E-state index is -0.163. The Labute approximate surface area is 189 Å². The van der Waals surface area contributed by atoms with E-state index in [9.17, 15) is 4.79 Å². The molecule has 0 aliphatic heterocycles. The number of aromatic nitrogens is 5. The first-order chi connectivity index (χ1) is 15.5. The Morgan fingerprint density at radius 1 is 1.09 bits per heavy atom. The Balaban J connectivity index is 1.78. The zero-order valence-electron chi connectivity index (χ0n) is 18.1. The molecule has 0 bridgehead atoms. The summed E-state index contributed by atoms with van der Waals surface area (Å²) in [5.74, 6) is 1.09. The normalized spacial score (nSPS) is 11.8. The molecule has 0 fully saturated rings. The molecule has 10 heteroatoms. The van der Waals surface area contributed by atoms with Gasteiger partial charge in [0.05, 0.1) is 25.9 Å². The second-order valence-corrected chi connectivity index (χ2v) is 7.98. The number of carbonyl (C=O) groups is 1. The zero-order valence-corrected chi connectivity index (χ0v) is 18.9. The lowest BCUT2D eigenvalue weighted by Gasteiger charge is -2.24. The van der Waals surface area contributed by atoms with E-state index in [1.54, 1.807) is 38.4 Å².